The number of nitrogens with two attached hydrogens (primary N) is 1. The summed E-state index contributed by atoms with van der Waals surface area (Å²) in [5.74, 6) is -0.107. The molecule has 0 fully saturated rings. The van der Waals surface area contributed by atoms with Gasteiger partial charge in [0, 0.05) is 18.9 Å². The van der Waals surface area contributed by atoms with Crippen molar-refractivity contribution in [1.82, 2.24) is 10.2 Å². The summed E-state index contributed by atoms with van der Waals surface area (Å²) in [5.41, 5.74) is 5.51. The minimum absolute atomic E-state index is 0.107. The number of aromatic nitrogens is 2. The van der Waals surface area contributed by atoms with Gasteiger partial charge in [0.05, 0.1) is 0 Å². The van der Waals surface area contributed by atoms with Crippen LogP contribution < -0.4 is 11.1 Å². The second-order valence-corrected chi connectivity index (χ2v) is 4.54. The molecule has 84 valence electrons. The molecule has 0 bridgehead atoms. The van der Waals surface area contributed by atoms with Gasteiger partial charge in [-0.15, -0.1) is 10.2 Å². The Hall–Kier alpha value is -1.01. The van der Waals surface area contributed by atoms with Gasteiger partial charge in [-0.25, -0.2) is 0 Å². The van der Waals surface area contributed by atoms with Crippen molar-refractivity contribution in [1.29, 1.82) is 0 Å². The zero-order valence-electron chi connectivity index (χ0n) is 8.99. The van der Waals surface area contributed by atoms with Crippen molar-refractivity contribution in [3.05, 3.63) is 5.01 Å². The van der Waals surface area contributed by atoms with E-state index in [0.717, 1.165) is 17.8 Å². The number of anilines is 1. The van der Waals surface area contributed by atoms with E-state index >= 15 is 0 Å². The molecule has 1 atom stereocenters. The maximum absolute atomic E-state index is 11.3. The number of aryl methyl sites for hydroxylation is 1. The van der Waals surface area contributed by atoms with Crippen LogP contribution in [0.5, 0.6) is 0 Å². The highest BCUT2D eigenvalue weighted by atomic mass is 32.1. The van der Waals surface area contributed by atoms with Gasteiger partial charge in [-0.05, 0) is 13.3 Å². The van der Waals surface area contributed by atoms with E-state index < -0.39 is 0 Å². The molecule has 0 saturated heterocycles. The van der Waals surface area contributed by atoms with Crippen molar-refractivity contribution in [2.45, 2.75) is 39.2 Å². The highest BCUT2D eigenvalue weighted by molar-refractivity contribution is 7.15. The van der Waals surface area contributed by atoms with Crippen molar-refractivity contribution >= 4 is 22.4 Å². The molecule has 1 rings (SSSR count). The second-order valence-electron chi connectivity index (χ2n) is 3.48. The van der Waals surface area contributed by atoms with Crippen LogP contribution in [0.15, 0.2) is 0 Å². The molecule has 1 aromatic heterocycles. The van der Waals surface area contributed by atoms with Crippen LogP contribution in [0.2, 0.25) is 0 Å². The molecule has 3 N–H and O–H groups in total. The van der Waals surface area contributed by atoms with Crippen molar-refractivity contribution in [2.24, 2.45) is 5.73 Å². The molecular formula is C9H16N4OS. The summed E-state index contributed by atoms with van der Waals surface area (Å²) in [6.07, 6.45) is 2.24. The number of nitrogens with one attached hydrogen (secondary N) is 1. The first-order valence-corrected chi connectivity index (χ1v) is 5.81. The lowest BCUT2D eigenvalue weighted by Gasteiger charge is -2.03. The quantitative estimate of drug-likeness (QED) is 0.792. The predicted molar refractivity (Wildman–Crippen MR) is 60.8 cm³/mol. The molecule has 0 aliphatic rings. The number of amides is 1. The van der Waals surface area contributed by atoms with E-state index in [2.05, 4.69) is 22.4 Å². The molecule has 0 saturated carbocycles. The number of hydrogen-bond acceptors (Lipinski definition) is 5. The Balaban J connectivity index is 2.46. The van der Waals surface area contributed by atoms with Crippen LogP contribution in [0.25, 0.3) is 0 Å². The third-order valence-electron chi connectivity index (χ3n) is 1.68. The van der Waals surface area contributed by atoms with Gasteiger partial charge in [-0.1, -0.05) is 18.3 Å². The zero-order valence-corrected chi connectivity index (χ0v) is 9.80. The summed E-state index contributed by atoms with van der Waals surface area (Å²) in [4.78, 5) is 11.3. The SMILES string of the molecule is CCCc1nnc(NC(=O)CC(C)N)s1. The summed E-state index contributed by atoms with van der Waals surface area (Å²) < 4.78 is 0. The summed E-state index contributed by atoms with van der Waals surface area (Å²) in [6, 6.07) is -0.131. The summed E-state index contributed by atoms with van der Waals surface area (Å²) >= 11 is 1.42. The fraction of sp³-hybridized carbons (Fsp3) is 0.667. The van der Waals surface area contributed by atoms with Crippen LogP contribution in [0.3, 0.4) is 0 Å². The Labute approximate surface area is 93.1 Å². The molecule has 6 heteroatoms. The Morgan fingerprint density at radius 2 is 2.33 bits per heavy atom. The van der Waals surface area contributed by atoms with E-state index in [1.54, 1.807) is 6.92 Å². The molecule has 1 aromatic rings. The first-order valence-electron chi connectivity index (χ1n) is 4.99. The Morgan fingerprint density at radius 1 is 1.60 bits per heavy atom. The monoisotopic (exact) mass is 228 g/mol. The van der Waals surface area contributed by atoms with Gasteiger partial charge in [0.25, 0.3) is 0 Å². The molecule has 0 spiro atoms. The largest absolute Gasteiger partial charge is 0.327 e. The zero-order chi connectivity index (χ0) is 11.3. The van der Waals surface area contributed by atoms with Gasteiger partial charge in [0.1, 0.15) is 5.01 Å². The highest BCUT2D eigenvalue weighted by Gasteiger charge is 2.09. The van der Waals surface area contributed by atoms with Crippen molar-refractivity contribution in [3.8, 4) is 0 Å². The van der Waals surface area contributed by atoms with Gasteiger partial charge >= 0.3 is 0 Å². The third kappa shape index (κ3) is 4.35. The van der Waals surface area contributed by atoms with Crippen molar-refractivity contribution in [2.75, 3.05) is 5.32 Å². The van der Waals surface area contributed by atoms with Gasteiger partial charge in [0.15, 0.2) is 0 Å². The van der Waals surface area contributed by atoms with Gasteiger partial charge in [-0.3, -0.25) is 4.79 Å². The van der Waals surface area contributed by atoms with Crippen LogP contribution in [0.1, 0.15) is 31.7 Å². The van der Waals surface area contributed by atoms with E-state index in [-0.39, 0.29) is 11.9 Å². The molecule has 1 unspecified atom stereocenters. The molecule has 0 aliphatic carbocycles. The van der Waals surface area contributed by atoms with Crippen LogP contribution in [0.4, 0.5) is 5.13 Å². The molecule has 0 aliphatic heterocycles. The first-order chi connectivity index (χ1) is 7.11. The van der Waals surface area contributed by atoms with Crippen LogP contribution >= 0.6 is 11.3 Å². The van der Waals surface area contributed by atoms with E-state index in [1.165, 1.54) is 11.3 Å². The average molecular weight is 228 g/mol. The smallest absolute Gasteiger partial charge is 0.227 e. The van der Waals surface area contributed by atoms with E-state index in [1.807, 2.05) is 0 Å². The molecule has 1 heterocycles. The lowest BCUT2D eigenvalue weighted by Crippen LogP contribution is -2.23. The normalized spacial score (nSPS) is 12.5. The lowest BCUT2D eigenvalue weighted by molar-refractivity contribution is -0.116. The van der Waals surface area contributed by atoms with Crippen molar-refractivity contribution < 1.29 is 4.79 Å². The standard InChI is InChI=1S/C9H16N4OS/c1-3-4-8-12-13-9(15-8)11-7(14)5-6(2)10/h6H,3-5,10H2,1-2H3,(H,11,13,14). The topological polar surface area (TPSA) is 80.9 Å². The maximum atomic E-state index is 11.3. The van der Waals surface area contributed by atoms with E-state index in [9.17, 15) is 4.79 Å². The van der Waals surface area contributed by atoms with Crippen LogP contribution in [-0.2, 0) is 11.2 Å². The number of nitrogens with zero attached hydrogens (tertiary/aromatic N) is 2. The maximum Gasteiger partial charge on any atom is 0.227 e. The molecule has 0 aromatic carbocycles. The van der Waals surface area contributed by atoms with Crippen molar-refractivity contribution in [3.63, 3.8) is 0 Å². The van der Waals surface area contributed by atoms with E-state index in [4.69, 9.17) is 5.73 Å². The summed E-state index contributed by atoms with van der Waals surface area (Å²) in [7, 11) is 0. The highest BCUT2D eigenvalue weighted by Crippen LogP contribution is 2.16. The predicted octanol–water partition coefficient (Wildman–Crippen LogP) is 1.17. The Morgan fingerprint density at radius 3 is 2.93 bits per heavy atom. The number of carbonyl (C=O) groups is 1. The molecule has 15 heavy (non-hydrogen) atoms. The number of rotatable bonds is 5. The Bertz CT molecular complexity index is 324. The van der Waals surface area contributed by atoms with Gasteiger partial charge in [0.2, 0.25) is 11.0 Å². The minimum Gasteiger partial charge on any atom is -0.327 e. The molecule has 5 nitrogen and oxygen atoms in total. The fourth-order valence-corrected chi connectivity index (χ4v) is 1.94. The fourth-order valence-electron chi connectivity index (χ4n) is 1.08. The van der Waals surface area contributed by atoms with E-state index in [0.29, 0.717) is 11.6 Å². The molecule has 1 amide bonds. The third-order valence-corrected chi connectivity index (χ3v) is 2.58. The van der Waals surface area contributed by atoms with Crippen LogP contribution in [0, 0.1) is 0 Å². The average Bonchev–Trinajstić information content (AvgIpc) is 2.51. The molecule has 0 radical (unpaired) electrons. The number of hydrogen-bond donors (Lipinski definition) is 2. The molecular weight excluding hydrogens is 212 g/mol. The van der Waals surface area contributed by atoms with Crippen LogP contribution in [-0.4, -0.2) is 22.1 Å². The van der Waals surface area contributed by atoms with Gasteiger partial charge in [-0.2, -0.15) is 0 Å². The first kappa shape index (κ1) is 12.1. The van der Waals surface area contributed by atoms with Gasteiger partial charge < -0.3 is 11.1 Å². The lowest BCUT2D eigenvalue weighted by atomic mass is 10.2. The minimum atomic E-state index is -0.131. The summed E-state index contributed by atoms with van der Waals surface area (Å²) in [5, 5.41) is 12.0. The number of carbonyl (C=O) groups excluding carboxylic acids is 1. The summed E-state index contributed by atoms with van der Waals surface area (Å²) in [6.45, 7) is 3.87. The Kier molecular flexibility index (Phi) is 4.64. The second kappa shape index (κ2) is 5.77.